The third-order valence-corrected chi connectivity index (χ3v) is 0. The van der Waals surface area contributed by atoms with E-state index in [1.165, 1.54) is 0 Å². The summed E-state index contributed by atoms with van der Waals surface area (Å²) < 4.78 is 0.806. The Morgan fingerprint density at radius 2 is 1.50 bits per heavy atom. The second kappa shape index (κ2) is 2.51. The van der Waals surface area contributed by atoms with E-state index in [2.05, 4.69) is 50.1 Å². The van der Waals surface area contributed by atoms with Crippen LogP contribution in [0.5, 0.6) is 0 Å². The van der Waals surface area contributed by atoms with Crippen molar-refractivity contribution in [3.8, 4) is 0 Å². The SMILES string of the molecule is C[CH](C)[Dy]. The minimum absolute atomic E-state index is 0.806. The fraction of sp³-hybridized carbons (Fsp3) is 1.00. The van der Waals surface area contributed by atoms with E-state index in [9.17, 15) is 0 Å². The van der Waals surface area contributed by atoms with E-state index in [1.807, 2.05) is 0 Å². The van der Waals surface area contributed by atoms with Crippen molar-refractivity contribution >= 4 is 0 Å². The first-order chi connectivity index (χ1) is 1.73. The third-order valence-electron chi connectivity index (χ3n) is 0. The monoisotopic (exact) mass is 207 g/mol. The molecule has 0 aromatic carbocycles. The minimum atomic E-state index is 0.806. The van der Waals surface area contributed by atoms with Gasteiger partial charge in [0.05, 0.1) is 0 Å². The third kappa shape index (κ3) is 10.4. The second-order valence-corrected chi connectivity index (χ2v) is 3.29. The van der Waals surface area contributed by atoms with E-state index in [0.717, 1.165) is 1.95 Å². The van der Waals surface area contributed by atoms with Crippen LogP contribution in [0.4, 0.5) is 0 Å². The van der Waals surface area contributed by atoms with Crippen molar-refractivity contribution in [3.05, 3.63) is 0 Å². The van der Waals surface area contributed by atoms with Gasteiger partial charge in [-0.25, -0.2) is 0 Å². The Balaban J connectivity index is 2.32. The maximum absolute atomic E-state index is 2.33. The van der Waals surface area contributed by atoms with Crippen LogP contribution in [-0.2, 0) is 0 Å². The van der Waals surface area contributed by atoms with Gasteiger partial charge in [0.15, 0.2) is 0 Å². The first kappa shape index (κ1) is 5.27. The number of rotatable bonds is 0. The molecular weight excluding hydrogens is 199 g/mol. The van der Waals surface area contributed by atoms with Gasteiger partial charge in [-0.3, -0.25) is 0 Å². The molecule has 0 aromatic heterocycles. The first-order valence-corrected chi connectivity index (χ1v) is 2.51. The van der Waals surface area contributed by atoms with Gasteiger partial charge in [0.1, 0.15) is 0 Å². The van der Waals surface area contributed by atoms with Crippen LogP contribution < -0.4 is 0 Å². The summed E-state index contributed by atoms with van der Waals surface area (Å²) in [6, 6.07) is 0. The summed E-state index contributed by atoms with van der Waals surface area (Å²) in [6.07, 6.45) is 0. The molecule has 0 aliphatic rings. The molecule has 0 bridgehead atoms. The number of hydrogen-bond acceptors (Lipinski definition) is 0. The molecule has 1 heteroatoms. The van der Waals surface area contributed by atoms with Crippen LogP contribution in [0.3, 0.4) is 0 Å². The second-order valence-electron chi connectivity index (χ2n) is 0.942. The molecule has 0 saturated carbocycles. The summed E-state index contributed by atoms with van der Waals surface area (Å²) in [7, 11) is 0. The number of hydrogen-bond donors (Lipinski definition) is 0. The van der Waals surface area contributed by atoms with Crippen LogP contribution >= 0.6 is 0 Å². The van der Waals surface area contributed by atoms with Gasteiger partial charge in [0.25, 0.3) is 0 Å². The zero-order valence-corrected chi connectivity index (χ0v) is 4.92. The van der Waals surface area contributed by atoms with Crippen molar-refractivity contribution < 1.29 is 36.2 Å². The zero-order valence-electron chi connectivity index (χ0n) is 2.89. The normalized spacial score (nSPS) is 9.25. The summed E-state index contributed by atoms with van der Waals surface area (Å²) in [5.41, 5.74) is 0. The Hall–Kier alpha value is 1.27. The molecule has 0 aliphatic heterocycles. The predicted molar refractivity (Wildman–Crippen MR) is 15.1 cm³/mol. The van der Waals surface area contributed by atoms with Crippen LogP contribution in [0, 0.1) is 36.2 Å². The fourth-order valence-electron chi connectivity index (χ4n) is 0. The molecule has 0 heterocycles. The molecule has 0 aromatic rings. The van der Waals surface area contributed by atoms with Gasteiger partial charge in [-0.05, 0) is 0 Å². The van der Waals surface area contributed by atoms with Crippen LogP contribution in [0.15, 0.2) is 0 Å². The molecule has 0 nitrogen and oxygen atoms in total. The average molecular weight is 206 g/mol. The summed E-state index contributed by atoms with van der Waals surface area (Å²) in [5.74, 6) is 0. The molecule has 0 aliphatic carbocycles. The predicted octanol–water partition coefficient (Wildman–Crippen LogP) is 1.36. The molecule has 0 amide bonds. The van der Waals surface area contributed by atoms with E-state index >= 15 is 0 Å². The van der Waals surface area contributed by atoms with E-state index in [1.54, 1.807) is 0 Å². The van der Waals surface area contributed by atoms with E-state index in [-0.39, 0.29) is 0 Å². The summed E-state index contributed by atoms with van der Waals surface area (Å²) in [5, 5.41) is 0. The average Bonchev–Trinajstić information content (AvgIpc) is 0.811. The van der Waals surface area contributed by atoms with Crippen molar-refractivity contribution in [1.29, 1.82) is 0 Å². The van der Waals surface area contributed by atoms with Crippen LogP contribution in [0.1, 0.15) is 13.8 Å². The Bertz CT molecular complexity index is 8.00. The van der Waals surface area contributed by atoms with Gasteiger partial charge in [-0.15, -0.1) is 0 Å². The molecule has 4 heavy (non-hydrogen) atoms. The standard InChI is InChI=1S/C3H7.Dy/c1-3-2;/h3H,1-2H3;. The van der Waals surface area contributed by atoms with Gasteiger partial charge in [0, 0.05) is 0 Å². The maximum atomic E-state index is 2.33. The molecule has 0 radical (unpaired) electrons. The van der Waals surface area contributed by atoms with E-state index < -0.39 is 0 Å². The van der Waals surface area contributed by atoms with Crippen LogP contribution in [-0.4, -0.2) is 0 Å². The topological polar surface area (TPSA) is 0 Å². The molecule has 0 spiro atoms. The van der Waals surface area contributed by atoms with Crippen molar-refractivity contribution in [2.45, 2.75) is 15.8 Å². The Morgan fingerprint density at radius 1 is 1.50 bits per heavy atom. The van der Waals surface area contributed by atoms with Gasteiger partial charge in [0.2, 0.25) is 0 Å². The van der Waals surface area contributed by atoms with E-state index in [4.69, 9.17) is 0 Å². The Kier molecular flexibility index (Phi) is 3.30. The van der Waals surface area contributed by atoms with Crippen LogP contribution in [0.2, 0.25) is 1.95 Å². The van der Waals surface area contributed by atoms with Crippen LogP contribution in [0.25, 0.3) is 0 Å². The summed E-state index contributed by atoms with van der Waals surface area (Å²) >= 11 is 2.33. The summed E-state index contributed by atoms with van der Waals surface area (Å²) in [4.78, 5) is 0. The Labute approximate surface area is 51.6 Å². The Morgan fingerprint density at radius 3 is 1.50 bits per heavy atom. The first-order valence-electron chi connectivity index (χ1n) is 1.34. The molecular formula is C3H7Dy. The van der Waals surface area contributed by atoms with Gasteiger partial charge >= 0.3 is 52.0 Å². The zero-order chi connectivity index (χ0) is 3.58. The summed E-state index contributed by atoms with van der Waals surface area (Å²) in [6.45, 7) is 4.31. The van der Waals surface area contributed by atoms with E-state index in [0.29, 0.717) is 0 Å². The van der Waals surface area contributed by atoms with Crippen molar-refractivity contribution in [3.63, 3.8) is 0 Å². The molecule has 0 saturated heterocycles. The van der Waals surface area contributed by atoms with Crippen molar-refractivity contribution in [1.82, 2.24) is 0 Å². The van der Waals surface area contributed by atoms with Crippen molar-refractivity contribution in [2.75, 3.05) is 0 Å². The van der Waals surface area contributed by atoms with Gasteiger partial charge < -0.3 is 0 Å². The van der Waals surface area contributed by atoms with Gasteiger partial charge in [-0.2, -0.15) is 0 Å². The molecule has 0 fully saturated rings. The fourth-order valence-corrected chi connectivity index (χ4v) is 0. The van der Waals surface area contributed by atoms with Crippen molar-refractivity contribution in [2.24, 2.45) is 0 Å². The molecule has 0 atom stereocenters. The molecule has 0 rings (SSSR count). The molecule has 0 N–H and O–H groups in total. The quantitative estimate of drug-likeness (QED) is 0.560. The molecule has 29 valence electrons. The molecule has 0 unspecified atom stereocenters. The van der Waals surface area contributed by atoms with Gasteiger partial charge in [-0.1, -0.05) is 0 Å².